The maximum absolute atomic E-state index is 13.0. The Morgan fingerprint density at radius 3 is 2.26 bits per heavy atom. The molecule has 0 amide bonds. The smallest absolute Gasteiger partial charge is 0.204 e. The van der Waals surface area contributed by atoms with Gasteiger partial charge in [-0.3, -0.25) is 9.78 Å². The van der Waals surface area contributed by atoms with Crippen LogP contribution < -0.4 is 5.43 Å². The number of hydrogen-bond acceptors (Lipinski definition) is 2. The summed E-state index contributed by atoms with van der Waals surface area (Å²) in [5, 5.41) is 0. The molecule has 23 heavy (non-hydrogen) atoms. The highest BCUT2D eigenvalue weighted by Gasteiger charge is 2.13. The van der Waals surface area contributed by atoms with E-state index in [1.165, 1.54) is 12.1 Å². The third-order valence-corrected chi connectivity index (χ3v) is 4.65. The minimum atomic E-state index is -0.281. The Labute approximate surface area is 141 Å². The predicted molar refractivity (Wildman–Crippen MR) is 92.9 cm³/mol. The van der Waals surface area contributed by atoms with Crippen molar-refractivity contribution in [1.82, 2.24) is 9.97 Å². The van der Waals surface area contributed by atoms with Crippen LogP contribution in [0.15, 0.2) is 51.9 Å². The second-order valence-corrected chi connectivity index (χ2v) is 6.13. The Morgan fingerprint density at radius 2 is 1.65 bits per heavy atom. The van der Waals surface area contributed by atoms with Crippen LogP contribution in [0.4, 0.5) is 4.39 Å². The number of rotatable bonds is 2. The largest absolute Gasteiger partial charge is 0.361 e. The summed E-state index contributed by atoms with van der Waals surface area (Å²) in [4.78, 5) is 20.0. The lowest BCUT2D eigenvalue weighted by molar-refractivity contribution is 0.628. The molecule has 0 bridgehead atoms. The van der Waals surface area contributed by atoms with E-state index in [-0.39, 0.29) is 11.2 Å². The first-order valence-electron chi connectivity index (χ1n) is 7.08. The first kappa shape index (κ1) is 15.6. The second kappa shape index (κ2) is 6.08. The average molecular weight is 373 g/mol. The van der Waals surface area contributed by atoms with Crippen molar-refractivity contribution in [2.75, 3.05) is 0 Å². The molecule has 0 saturated heterocycles. The maximum atomic E-state index is 13.0. The molecule has 3 aromatic rings. The summed E-state index contributed by atoms with van der Waals surface area (Å²) in [5.74, 6) is -0.281. The molecule has 2 aromatic heterocycles. The van der Waals surface area contributed by atoms with E-state index in [0.29, 0.717) is 10.0 Å². The summed E-state index contributed by atoms with van der Waals surface area (Å²) in [5.41, 5.74) is 4.44. The molecular weight excluding hydrogens is 359 g/mol. The van der Waals surface area contributed by atoms with Gasteiger partial charge < -0.3 is 4.98 Å². The van der Waals surface area contributed by atoms with E-state index in [9.17, 15) is 9.18 Å². The number of benzene rings is 1. The van der Waals surface area contributed by atoms with Crippen molar-refractivity contribution in [3.05, 3.63) is 74.5 Å². The lowest BCUT2D eigenvalue weighted by Gasteiger charge is -2.09. The zero-order valence-corrected chi connectivity index (χ0v) is 14.2. The van der Waals surface area contributed by atoms with Gasteiger partial charge in [-0.05, 0) is 60.1 Å². The number of H-pyrrole nitrogens is 1. The fourth-order valence-corrected chi connectivity index (χ4v) is 2.83. The van der Waals surface area contributed by atoms with Gasteiger partial charge in [-0.25, -0.2) is 4.39 Å². The van der Waals surface area contributed by atoms with Gasteiger partial charge in [-0.2, -0.15) is 0 Å². The van der Waals surface area contributed by atoms with E-state index in [0.717, 1.165) is 28.2 Å². The molecule has 3 rings (SSSR count). The van der Waals surface area contributed by atoms with Crippen molar-refractivity contribution < 1.29 is 4.39 Å². The first-order chi connectivity index (χ1) is 11.0. The number of aromatic nitrogens is 2. The van der Waals surface area contributed by atoms with Crippen molar-refractivity contribution in [3.63, 3.8) is 0 Å². The van der Waals surface area contributed by atoms with E-state index in [2.05, 4.69) is 25.9 Å². The summed E-state index contributed by atoms with van der Waals surface area (Å²) in [7, 11) is 0. The first-order valence-corrected chi connectivity index (χ1v) is 7.88. The molecule has 0 fully saturated rings. The predicted octanol–water partition coefficient (Wildman–Crippen LogP) is 4.62. The van der Waals surface area contributed by atoms with Gasteiger partial charge in [0.05, 0.1) is 15.7 Å². The Morgan fingerprint density at radius 1 is 1.00 bits per heavy atom. The minimum Gasteiger partial charge on any atom is -0.361 e. The van der Waals surface area contributed by atoms with Crippen molar-refractivity contribution in [1.29, 1.82) is 0 Å². The monoisotopic (exact) mass is 372 g/mol. The molecule has 1 N–H and O–H groups in total. The van der Waals surface area contributed by atoms with Crippen molar-refractivity contribution in [3.8, 4) is 22.4 Å². The van der Waals surface area contributed by atoms with Gasteiger partial charge in [0, 0.05) is 28.7 Å². The lowest BCUT2D eigenvalue weighted by atomic mass is 10.0. The number of hydrogen-bond donors (Lipinski definition) is 1. The summed E-state index contributed by atoms with van der Waals surface area (Å²) < 4.78 is 13.5. The number of pyridine rings is 2. The van der Waals surface area contributed by atoms with Gasteiger partial charge in [0.2, 0.25) is 5.43 Å². The van der Waals surface area contributed by atoms with Crippen LogP contribution in [0.1, 0.15) is 11.4 Å². The Kier molecular flexibility index (Phi) is 4.13. The van der Waals surface area contributed by atoms with Crippen molar-refractivity contribution >= 4 is 15.9 Å². The number of halogens is 2. The maximum Gasteiger partial charge on any atom is 0.204 e. The van der Waals surface area contributed by atoms with Gasteiger partial charge >= 0.3 is 0 Å². The Bertz CT molecular complexity index is 915. The molecule has 0 unspecified atom stereocenters. The molecule has 0 radical (unpaired) electrons. The molecule has 116 valence electrons. The third kappa shape index (κ3) is 2.97. The molecule has 1 aromatic carbocycles. The highest BCUT2D eigenvalue weighted by atomic mass is 79.9. The minimum absolute atomic E-state index is 0.0601. The molecule has 0 aliphatic heterocycles. The SMILES string of the molecule is Cc1[nH]c(C)c(-c2ccc(-c3ccc(F)cc3)nc2)c(=O)c1Br. The zero-order valence-electron chi connectivity index (χ0n) is 12.7. The van der Waals surface area contributed by atoms with Gasteiger partial charge in [0.25, 0.3) is 0 Å². The normalized spacial score (nSPS) is 10.8. The van der Waals surface area contributed by atoms with Gasteiger partial charge in [0.1, 0.15) is 5.82 Å². The van der Waals surface area contributed by atoms with E-state index < -0.39 is 0 Å². The fraction of sp³-hybridized carbons (Fsp3) is 0.111. The van der Waals surface area contributed by atoms with Crippen LogP contribution in [0.3, 0.4) is 0 Å². The highest BCUT2D eigenvalue weighted by Crippen LogP contribution is 2.24. The van der Waals surface area contributed by atoms with Crippen LogP contribution in [0, 0.1) is 19.7 Å². The summed E-state index contributed by atoms with van der Waals surface area (Å²) in [6, 6.07) is 9.84. The molecule has 0 spiro atoms. The average Bonchev–Trinajstić information content (AvgIpc) is 2.54. The molecule has 0 aliphatic carbocycles. The summed E-state index contributed by atoms with van der Waals surface area (Å²) in [6.07, 6.45) is 1.66. The molecule has 0 aliphatic rings. The van der Waals surface area contributed by atoms with Gasteiger partial charge in [-0.15, -0.1) is 0 Å². The van der Waals surface area contributed by atoms with Crippen LogP contribution in [-0.4, -0.2) is 9.97 Å². The number of nitrogens with one attached hydrogen (secondary N) is 1. The highest BCUT2D eigenvalue weighted by molar-refractivity contribution is 9.10. The Hall–Kier alpha value is -2.27. The third-order valence-electron chi connectivity index (χ3n) is 3.70. The van der Waals surface area contributed by atoms with Crippen LogP contribution >= 0.6 is 15.9 Å². The van der Waals surface area contributed by atoms with E-state index >= 15 is 0 Å². The number of aromatic amines is 1. The van der Waals surface area contributed by atoms with Gasteiger partial charge in [-0.1, -0.05) is 6.07 Å². The molecule has 3 nitrogen and oxygen atoms in total. The molecule has 2 heterocycles. The number of aryl methyl sites for hydroxylation is 2. The van der Waals surface area contributed by atoms with Crippen LogP contribution in [0.5, 0.6) is 0 Å². The quantitative estimate of drug-likeness (QED) is 0.712. The van der Waals surface area contributed by atoms with Crippen molar-refractivity contribution in [2.24, 2.45) is 0 Å². The standard InChI is InChI=1S/C18H14BrFN2O/c1-10-16(18(23)17(19)11(2)22-10)13-5-8-15(21-9-13)12-3-6-14(20)7-4-12/h3-9H,1-2H3,(H,22,23). The molecule has 5 heteroatoms. The lowest BCUT2D eigenvalue weighted by Crippen LogP contribution is -2.12. The van der Waals surface area contributed by atoms with E-state index in [4.69, 9.17) is 0 Å². The summed E-state index contributed by atoms with van der Waals surface area (Å²) >= 11 is 3.32. The fourth-order valence-electron chi connectivity index (χ4n) is 2.53. The van der Waals surface area contributed by atoms with Crippen molar-refractivity contribution in [2.45, 2.75) is 13.8 Å². The Balaban J connectivity index is 2.05. The van der Waals surface area contributed by atoms with Gasteiger partial charge in [0.15, 0.2) is 0 Å². The molecule has 0 saturated carbocycles. The second-order valence-electron chi connectivity index (χ2n) is 5.33. The number of nitrogens with zero attached hydrogens (tertiary/aromatic N) is 1. The van der Waals surface area contributed by atoms with Crippen LogP contribution in [0.25, 0.3) is 22.4 Å². The van der Waals surface area contributed by atoms with E-state index in [1.807, 2.05) is 26.0 Å². The molecule has 0 atom stereocenters. The topological polar surface area (TPSA) is 45.8 Å². The summed E-state index contributed by atoms with van der Waals surface area (Å²) in [6.45, 7) is 3.71. The van der Waals surface area contributed by atoms with Crippen LogP contribution in [-0.2, 0) is 0 Å². The van der Waals surface area contributed by atoms with E-state index in [1.54, 1.807) is 18.3 Å². The van der Waals surface area contributed by atoms with Crippen LogP contribution in [0.2, 0.25) is 0 Å². The molecular formula is C18H14BrFN2O. The zero-order chi connectivity index (χ0) is 16.6.